The van der Waals surface area contributed by atoms with E-state index in [1.807, 2.05) is 0 Å². The van der Waals surface area contributed by atoms with Crippen LogP contribution in [0.2, 0.25) is 0 Å². The van der Waals surface area contributed by atoms with Crippen molar-refractivity contribution in [2.45, 2.75) is 123 Å². The van der Waals surface area contributed by atoms with Crippen LogP contribution in [0.15, 0.2) is 0 Å². The van der Waals surface area contributed by atoms with Crippen LogP contribution in [0.3, 0.4) is 0 Å². The van der Waals surface area contributed by atoms with E-state index in [4.69, 9.17) is 0 Å². The van der Waals surface area contributed by atoms with E-state index in [-0.39, 0.29) is 18.0 Å². The van der Waals surface area contributed by atoms with E-state index in [1.165, 1.54) is 4.90 Å². The molecule has 2 fully saturated rings. The summed E-state index contributed by atoms with van der Waals surface area (Å²) in [5.74, 6) is -6.43. The van der Waals surface area contributed by atoms with E-state index < -0.39 is 71.9 Å². The summed E-state index contributed by atoms with van der Waals surface area (Å²) in [6, 6.07) is -4.06. The van der Waals surface area contributed by atoms with Gasteiger partial charge in [-0.15, -0.1) is 0 Å². The molecule has 2 rings (SSSR count). The first kappa shape index (κ1) is 32.4. The first-order valence-electron chi connectivity index (χ1n) is 13.7. The number of nitrogens with one attached hydrogen (secondary N) is 3. The molecule has 222 valence electrons. The number of Topliss-reactive ketones (excluding diaryl/α,β-unsaturated/α-hetero) is 1. The zero-order valence-electron chi connectivity index (χ0n) is 23.9. The lowest BCUT2D eigenvalue weighted by molar-refractivity contribution is -0.144. The molecular formula is C27H44F2N4O6. The third-order valence-corrected chi connectivity index (χ3v) is 7.54. The van der Waals surface area contributed by atoms with Crippen LogP contribution in [0, 0.1) is 10.8 Å². The molecule has 12 heteroatoms. The minimum absolute atomic E-state index is 0.247. The molecule has 1 aliphatic heterocycles. The van der Waals surface area contributed by atoms with Crippen LogP contribution >= 0.6 is 0 Å². The van der Waals surface area contributed by atoms with Crippen LogP contribution in [0.4, 0.5) is 13.6 Å². The lowest BCUT2D eigenvalue weighted by Gasteiger charge is -2.36. The molecule has 3 atom stereocenters. The molecular weight excluding hydrogens is 514 g/mol. The molecule has 1 saturated carbocycles. The topological polar surface area (TPSA) is 145 Å². The Balaban J connectivity index is 2.38. The van der Waals surface area contributed by atoms with Gasteiger partial charge in [-0.2, -0.15) is 0 Å². The highest BCUT2D eigenvalue weighted by atomic mass is 19.3. The molecule has 0 radical (unpaired) electrons. The molecule has 1 heterocycles. The molecule has 1 saturated heterocycles. The lowest BCUT2D eigenvalue weighted by atomic mass is 9.72. The highest BCUT2D eigenvalue weighted by Gasteiger charge is 2.51. The van der Waals surface area contributed by atoms with Gasteiger partial charge in [0, 0.05) is 19.0 Å². The predicted molar refractivity (Wildman–Crippen MR) is 140 cm³/mol. The SMILES string of the molecule is CC(C)NC(=O)C(=O)C(CCC(C)(F)F)NC(=O)[C@@H]1CC2(CCCCC2)CN1C(=O)C(NC(=O)O)C(C)(C)C. The maximum Gasteiger partial charge on any atom is 0.405 e. The van der Waals surface area contributed by atoms with Crippen LogP contribution in [-0.2, 0) is 19.2 Å². The summed E-state index contributed by atoms with van der Waals surface area (Å²) in [6.45, 7) is 9.34. The van der Waals surface area contributed by atoms with Crippen molar-refractivity contribution in [2.75, 3.05) is 6.54 Å². The summed E-state index contributed by atoms with van der Waals surface area (Å²) >= 11 is 0. The minimum atomic E-state index is -3.12. The molecule has 39 heavy (non-hydrogen) atoms. The number of likely N-dealkylation sites (tertiary alicyclic amines) is 1. The van der Waals surface area contributed by atoms with Crippen molar-refractivity contribution in [3.05, 3.63) is 0 Å². The van der Waals surface area contributed by atoms with Crippen molar-refractivity contribution in [3.63, 3.8) is 0 Å². The van der Waals surface area contributed by atoms with Gasteiger partial charge in [-0.05, 0) is 57.3 Å². The van der Waals surface area contributed by atoms with Crippen LogP contribution < -0.4 is 16.0 Å². The van der Waals surface area contributed by atoms with Crippen molar-refractivity contribution in [2.24, 2.45) is 10.8 Å². The summed E-state index contributed by atoms with van der Waals surface area (Å²) in [4.78, 5) is 65.6. The average molecular weight is 559 g/mol. The van der Waals surface area contributed by atoms with Gasteiger partial charge in [0.25, 0.3) is 5.91 Å². The minimum Gasteiger partial charge on any atom is -0.465 e. The quantitative estimate of drug-likeness (QED) is 0.303. The van der Waals surface area contributed by atoms with E-state index >= 15 is 0 Å². The monoisotopic (exact) mass is 558 g/mol. The number of halogens is 2. The second-order valence-electron chi connectivity index (χ2n) is 12.7. The molecule has 10 nitrogen and oxygen atoms in total. The third kappa shape index (κ3) is 9.13. The standard InChI is InChI=1S/C27H44F2N4O6/c1-16(2)30-22(36)19(34)17(10-13-26(6,28)29)31-21(35)18-14-27(11-8-7-9-12-27)15-33(18)23(37)20(25(3,4)5)32-24(38)39/h16-18,20,32H,7-15H2,1-6H3,(H,30,36)(H,31,35)(H,38,39)/t17?,18-,20?/m0/s1. The molecule has 0 aromatic rings. The van der Waals surface area contributed by atoms with Crippen LogP contribution in [-0.4, -0.2) is 76.2 Å². The van der Waals surface area contributed by atoms with Gasteiger partial charge in [0.2, 0.25) is 23.5 Å². The van der Waals surface area contributed by atoms with Gasteiger partial charge in [0.15, 0.2) is 0 Å². The van der Waals surface area contributed by atoms with Gasteiger partial charge < -0.3 is 26.0 Å². The van der Waals surface area contributed by atoms with Gasteiger partial charge in [-0.25, -0.2) is 13.6 Å². The largest absolute Gasteiger partial charge is 0.465 e. The van der Waals surface area contributed by atoms with Gasteiger partial charge in [-0.1, -0.05) is 40.0 Å². The molecule has 1 spiro atoms. The molecule has 2 unspecified atom stereocenters. The molecule has 0 aromatic heterocycles. The zero-order valence-corrected chi connectivity index (χ0v) is 23.9. The normalized spacial score (nSPS) is 20.8. The molecule has 4 N–H and O–H groups in total. The number of rotatable bonds is 10. The van der Waals surface area contributed by atoms with Crippen LogP contribution in [0.1, 0.15) is 92.9 Å². The van der Waals surface area contributed by atoms with Crippen molar-refractivity contribution in [1.29, 1.82) is 0 Å². The fraction of sp³-hybridized carbons (Fsp3) is 0.815. The summed E-state index contributed by atoms with van der Waals surface area (Å²) in [5, 5.41) is 16.6. The fourth-order valence-electron chi connectivity index (χ4n) is 5.55. The van der Waals surface area contributed by atoms with Gasteiger partial charge in [0.1, 0.15) is 12.1 Å². The number of carboxylic acid groups (broad SMARTS) is 1. The van der Waals surface area contributed by atoms with Crippen molar-refractivity contribution < 1.29 is 37.9 Å². The summed E-state index contributed by atoms with van der Waals surface area (Å²) < 4.78 is 27.3. The fourth-order valence-corrected chi connectivity index (χ4v) is 5.55. The second kappa shape index (κ2) is 12.6. The van der Waals surface area contributed by atoms with Gasteiger partial charge >= 0.3 is 6.09 Å². The second-order valence-corrected chi connectivity index (χ2v) is 12.7. The molecule has 4 amide bonds. The van der Waals surface area contributed by atoms with Crippen molar-refractivity contribution in [1.82, 2.24) is 20.9 Å². The van der Waals surface area contributed by atoms with Crippen molar-refractivity contribution >= 4 is 29.6 Å². The Bertz CT molecular complexity index is 938. The van der Waals surface area contributed by atoms with E-state index in [1.54, 1.807) is 34.6 Å². The predicted octanol–water partition coefficient (Wildman–Crippen LogP) is 3.23. The maximum absolute atomic E-state index is 13.8. The lowest BCUT2D eigenvalue weighted by Crippen LogP contribution is -2.59. The summed E-state index contributed by atoms with van der Waals surface area (Å²) in [7, 11) is 0. The van der Waals surface area contributed by atoms with E-state index in [0.717, 1.165) is 32.1 Å². The van der Waals surface area contributed by atoms with Crippen molar-refractivity contribution in [3.8, 4) is 0 Å². The van der Waals surface area contributed by atoms with Gasteiger partial charge in [-0.3, -0.25) is 19.2 Å². The third-order valence-electron chi connectivity index (χ3n) is 7.54. The number of carbonyl (C=O) groups excluding carboxylic acids is 4. The highest BCUT2D eigenvalue weighted by Crippen LogP contribution is 2.47. The van der Waals surface area contributed by atoms with E-state index in [9.17, 15) is 37.9 Å². The Kier molecular flexibility index (Phi) is 10.5. The van der Waals surface area contributed by atoms with Gasteiger partial charge in [0.05, 0.1) is 6.04 Å². The van der Waals surface area contributed by atoms with Crippen LogP contribution in [0.25, 0.3) is 0 Å². The number of hydrogen-bond donors (Lipinski definition) is 4. The Morgan fingerprint density at radius 2 is 1.56 bits per heavy atom. The Labute approximate surface area is 229 Å². The molecule has 0 aromatic carbocycles. The summed E-state index contributed by atoms with van der Waals surface area (Å²) in [5.41, 5.74) is -1.15. The molecule has 2 aliphatic rings. The first-order chi connectivity index (χ1) is 17.8. The Hall–Kier alpha value is -2.79. The number of carbonyl (C=O) groups is 5. The number of hydrogen-bond acceptors (Lipinski definition) is 5. The molecule has 0 bridgehead atoms. The highest BCUT2D eigenvalue weighted by molar-refractivity contribution is 6.38. The van der Waals surface area contributed by atoms with E-state index in [0.29, 0.717) is 13.3 Å². The first-order valence-corrected chi connectivity index (χ1v) is 13.7. The van der Waals surface area contributed by atoms with E-state index in [2.05, 4.69) is 16.0 Å². The maximum atomic E-state index is 13.8. The summed E-state index contributed by atoms with van der Waals surface area (Å²) in [6.07, 6.45) is 2.19. The smallest absolute Gasteiger partial charge is 0.405 e. The molecule has 1 aliphatic carbocycles. The Morgan fingerprint density at radius 3 is 2.05 bits per heavy atom. The number of alkyl halides is 2. The number of nitrogens with zero attached hydrogens (tertiary/aromatic N) is 1. The zero-order chi connectivity index (χ0) is 29.8. The average Bonchev–Trinajstić information content (AvgIpc) is 3.16. The number of amides is 4. The number of ketones is 1. The van der Waals surface area contributed by atoms with Crippen LogP contribution in [0.5, 0.6) is 0 Å². The Morgan fingerprint density at radius 1 is 0.974 bits per heavy atom.